The van der Waals surface area contributed by atoms with E-state index >= 15 is 0 Å². The first-order chi connectivity index (χ1) is 17.2. The van der Waals surface area contributed by atoms with Crippen molar-refractivity contribution in [1.82, 2.24) is 14.9 Å². The summed E-state index contributed by atoms with van der Waals surface area (Å²) in [6.45, 7) is 3.76. The Hall–Kier alpha value is -4.02. The normalized spacial score (nSPS) is 13.9. The molecule has 2 N–H and O–H groups in total. The Morgan fingerprint density at radius 1 is 1.06 bits per heavy atom. The molecule has 0 bridgehead atoms. The molecule has 0 spiro atoms. The Bertz CT molecular complexity index is 1350. The highest BCUT2D eigenvalue weighted by atomic mass is 16.5. The number of fused-ring (bicyclic) bond motifs is 1. The fraction of sp³-hybridized carbons (Fsp3) is 0.286. The average molecular weight is 468 g/mol. The molecule has 0 amide bonds. The molecule has 0 saturated carbocycles. The molecule has 4 aromatic rings. The van der Waals surface area contributed by atoms with Gasteiger partial charge in [0.05, 0.1) is 18.4 Å². The first kappa shape index (κ1) is 22.8. The van der Waals surface area contributed by atoms with Crippen molar-refractivity contribution in [2.45, 2.75) is 19.3 Å². The number of nitrogens with zero attached hydrogens (tertiary/aromatic N) is 3. The van der Waals surface area contributed by atoms with Crippen molar-refractivity contribution in [3.63, 3.8) is 0 Å². The number of piperidine rings is 1. The molecular weight excluding hydrogens is 438 g/mol. The number of ether oxygens (including phenoxy) is 2. The molecule has 0 radical (unpaired) electrons. The number of anilines is 2. The summed E-state index contributed by atoms with van der Waals surface area (Å²) < 4.78 is 11.7. The fourth-order valence-electron chi connectivity index (χ4n) is 4.60. The van der Waals surface area contributed by atoms with Crippen molar-refractivity contribution in [3.8, 4) is 28.7 Å². The highest BCUT2D eigenvalue weighted by Crippen LogP contribution is 2.38. The Kier molecular flexibility index (Phi) is 6.82. The Labute approximate surface area is 205 Å². The van der Waals surface area contributed by atoms with E-state index in [4.69, 9.17) is 9.47 Å². The van der Waals surface area contributed by atoms with Crippen molar-refractivity contribution in [3.05, 3.63) is 66.6 Å². The average Bonchev–Trinajstić information content (AvgIpc) is 3.37. The predicted molar refractivity (Wildman–Crippen MR) is 138 cm³/mol. The van der Waals surface area contributed by atoms with Crippen molar-refractivity contribution in [2.24, 2.45) is 0 Å². The van der Waals surface area contributed by atoms with E-state index in [2.05, 4.69) is 32.3 Å². The van der Waals surface area contributed by atoms with Gasteiger partial charge in [0, 0.05) is 47.3 Å². The summed E-state index contributed by atoms with van der Waals surface area (Å²) in [6.07, 6.45) is 9.11. The second-order valence-corrected chi connectivity index (χ2v) is 8.74. The number of likely N-dealkylation sites (tertiary alicyclic amines) is 1. The zero-order chi connectivity index (χ0) is 24.0. The van der Waals surface area contributed by atoms with Crippen LogP contribution in [0.3, 0.4) is 0 Å². The standard InChI is InChI=1S/C28H29N5O2/c1-34-26-8-5-20(16-27(26)35-14-13-33-11-3-2-4-12-33)24-19-30-18-22(17-29)28(24)32-23-6-7-25-21(15-23)9-10-31-25/h5-10,15-16,18-19,31H,2-4,11-14H2,1H3,(H,30,32). The summed E-state index contributed by atoms with van der Waals surface area (Å²) in [4.78, 5) is 9.98. The van der Waals surface area contributed by atoms with Crippen LogP contribution in [-0.2, 0) is 0 Å². The lowest BCUT2D eigenvalue weighted by molar-refractivity contribution is 0.180. The molecule has 178 valence electrons. The van der Waals surface area contributed by atoms with E-state index in [1.54, 1.807) is 19.5 Å². The number of methoxy groups -OCH3 is 1. The van der Waals surface area contributed by atoms with Gasteiger partial charge in [-0.2, -0.15) is 5.26 Å². The van der Waals surface area contributed by atoms with Gasteiger partial charge < -0.3 is 19.8 Å². The number of H-pyrrole nitrogens is 1. The number of benzene rings is 2. The van der Waals surface area contributed by atoms with Gasteiger partial charge in [-0.05, 0) is 67.9 Å². The molecule has 3 heterocycles. The van der Waals surface area contributed by atoms with Gasteiger partial charge in [-0.3, -0.25) is 9.88 Å². The van der Waals surface area contributed by atoms with Crippen molar-refractivity contribution in [2.75, 3.05) is 38.7 Å². The van der Waals surface area contributed by atoms with Crippen molar-refractivity contribution < 1.29 is 9.47 Å². The lowest BCUT2D eigenvalue weighted by atomic mass is 10.0. The molecule has 0 unspecified atom stereocenters. The SMILES string of the molecule is COc1ccc(-c2cncc(C#N)c2Nc2ccc3[nH]ccc3c2)cc1OCCN1CCCCC1. The van der Waals surface area contributed by atoms with Gasteiger partial charge in [-0.15, -0.1) is 0 Å². The maximum atomic E-state index is 9.80. The molecule has 0 atom stereocenters. The molecule has 1 aliphatic rings. The quantitative estimate of drug-likeness (QED) is 0.345. The van der Waals surface area contributed by atoms with Crippen LogP contribution in [0.25, 0.3) is 22.0 Å². The molecule has 1 saturated heterocycles. The molecule has 1 aliphatic heterocycles. The van der Waals surface area contributed by atoms with E-state index < -0.39 is 0 Å². The Morgan fingerprint density at radius 3 is 2.77 bits per heavy atom. The maximum absolute atomic E-state index is 9.80. The summed E-state index contributed by atoms with van der Waals surface area (Å²) in [5, 5.41) is 14.3. The first-order valence-electron chi connectivity index (χ1n) is 12.0. The maximum Gasteiger partial charge on any atom is 0.161 e. The van der Waals surface area contributed by atoms with E-state index in [9.17, 15) is 5.26 Å². The summed E-state index contributed by atoms with van der Waals surface area (Å²) >= 11 is 0. The number of nitriles is 1. The number of pyridine rings is 1. The molecule has 1 fully saturated rings. The van der Waals surface area contributed by atoms with Gasteiger partial charge in [0.1, 0.15) is 12.7 Å². The monoisotopic (exact) mass is 467 g/mol. The van der Waals surface area contributed by atoms with Crippen molar-refractivity contribution in [1.29, 1.82) is 5.26 Å². The molecule has 0 aliphatic carbocycles. The van der Waals surface area contributed by atoms with Crippen LogP contribution in [0, 0.1) is 11.3 Å². The van der Waals surface area contributed by atoms with Gasteiger partial charge >= 0.3 is 0 Å². The molecule has 2 aromatic carbocycles. The fourth-order valence-corrected chi connectivity index (χ4v) is 4.60. The minimum absolute atomic E-state index is 0.472. The Morgan fingerprint density at radius 2 is 1.94 bits per heavy atom. The third-order valence-corrected chi connectivity index (χ3v) is 6.48. The molecule has 7 nitrogen and oxygen atoms in total. The molecular formula is C28H29N5O2. The lowest BCUT2D eigenvalue weighted by Crippen LogP contribution is -2.33. The number of rotatable bonds is 8. The number of hydrogen-bond donors (Lipinski definition) is 2. The van der Waals surface area contributed by atoms with E-state index in [0.717, 1.165) is 47.4 Å². The van der Waals surface area contributed by atoms with Crippen LogP contribution < -0.4 is 14.8 Å². The number of aromatic nitrogens is 2. The predicted octanol–water partition coefficient (Wildman–Crippen LogP) is 5.72. The molecule has 5 rings (SSSR count). The molecule has 7 heteroatoms. The minimum atomic E-state index is 0.472. The largest absolute Gasteiger partial charge is 0.493 e. The first-order valence-corrected chi connectivity index (χ1v) is 12.0. The number of aromatic amines is 1. The van der Waals surface area contributed by atoms with Crippen molar-refractivity contribution >= 4 is 22.3 Å². The summed E-state index contributed by atoms with van der Waals surface area (Å²) in [6, 6.07) is 16.2. The van der Waals surface area contributed by atoms with Crippen LogP contribution in [0.4, 0.5) is 11.4 Å². The van der Waals surface area contributed by atoms with E-state index in [-0.39, 0.29) is 0 Å². The third-order valence-electron chi connectivity index (χ3n) is 6.48. The molecule has 35 heavy (non-hydrogen) atoms. The van der Waals surface area contributed by atoms with Gasteiger partial charge in [-0.1, -0.05) is 12.5 Å². The van der Waals surface area contributed by atoms with Gasteiger partial charge in [0.2, 0.25) is 0 Å². The Balaban J connectivity index is 1.43. The topological polar surface area (TPSA) is 86.2 Å². The third kappa shape index (κ3) is 5.08. The molecule has 2 aromatic heterocycles. The minimum Gasteiger partial charge on any atom is -0.493 e. The highest BCUT2D eigenvalue weighted by molar-refractivity contribution is 5.88. The van der Waals surface area contributed by atoms with Crippen LogP contribution in [0.2, 0.25) is 0 Å². The lowest BCUT2D eigenvalue weighted by Gasteiger charge is -2.26. The highest BCUT2D eigenvalue weighted by Gasteiger charge is 2.16. The van der Waals surface area contributed by atoms with Gasteiger partial charge in [0.25, 0.3) is 0 Å². The van der Waals surface area contributed by atoms with Gasteiger partial charge in [0.15, 0.2) is 11.5 Å². The smallest absolute Gasteiger partial charge is 0.161 e. The number of nitrogens with one attached hydrogen (secondary N) is 2. The van der Waals surface area contributed by atoms with Crippen LogP contribution in [-0.4, -0.2) is 48.2 Å². The zero-order valence-corrected chi connectivity index (χ0v) is 19.9. The van der Waals surface area contributed by atoms with Crippen LogP contribution >= 0.6 is 0 Å². The van der Waals surface area contributed by atoms with E-state index in [1.807, 2.05) is 42.6 Å². The van der Waals surface area contributed by atoms with Crippen LogP contribution in [0.1, 0.15) is 24.8 Å². The van der Waals surface area contributed by atoms with E-state index in [0.29, 0.717) is 29.4 Å². The zero-order valence-electron chi connectivity index (χ0n) is 19.9. The van der Waals surface area contributed by atoms with Crippen LogP contribution in [0.5, 0.6) is 11.5 Å². The van der Waals surface area contributed by atoms with Gasteiger partial charge in [-0.25, -0.2) is 0 Å². The summed E-state index contributed by atoms with van der Waals surface area (Å²) in [5.74, 6) is 1.37. The second kappa shape index (κ2) is 10.5. The summed E-state index contributed by atoms with van der Waals surface area (Å²) in [5.41, 5.74) is 4.86. The van der Waals surface area contributed by atoms with Crippen LogP contribution in [0.15, 0.2) is 61.1 Å². The number of hydrogen-bond acceptors (Lipinski definition) is 6. The summed E-state index contributed by atoms with van der Waals surface area (Å²) in [7, 11) is 1.65. The van der Waals surface area contributed by atoms with E-state index in [1.165, 1.54) is 19.3 Å². The second-order valence-electron chi connectivity index (χ2n) is 8.74.